The van der Waals surface area contributed by atoms with Gasteiger partial charge < -0.3 is 19.6 Å². The number of hydrogen-bond acceptors (Lipinski definition) is 4. The van der Waals surface area contributed by atoms with Gasteiger partial charge in [-0.15, -0.1) is 0 Å². The first-order valence-corrected chi connectivity index (χ1v) is 7.15. The van der Waals surface area contributed by atoms with E-state index in [1.807, 2.05) is 0 Å². The summed E-state index contributed by atoms with van der Waals surface area (Å²) in [5, 5.41) is 12.1. The van der Waals surface area contributed by atoms with Gasteiger partial charge in [-0.25, -0.2) is 4.79 Å². The van der Waals surface area contributed by atoms with Gasteiger partial charge >= 0.3 is 5.97 Å². The predicted molar refractivity (Wildman–Crippen MR) is 84.0 cm³/mol. The van der Waals surface area contributed by atoms with Crippen molar-refractivity contribution in [2.75, 3.05) is 7.11 Å². The summed E-state index contributed by atoms with van der Waals surface area (Å²) in [4.78, 5) is 23.8. The number of carbonyl (C=O) groups is 2. The van der Waals surface area contributed by atoms with Crippen LogP contribution in [0.25, 0.3) is 0 Å². The second kappa shape index (κ2) is 6.75. The maximum atomic E-state index is 12.3. The molecule has 0 spiro atoms. The van der Waals surface area contributed by atoms with Gasteiger partial charge in [0.1, 0.15) is 17.3 Å². The number of rotatable bonds is 5. The van der Waals surface area contributed by atoms with Gasteiger partial charge in [-0.2, -0.15) is 0 Å². The minimum atomic E-state index is -1.24. The van der Waals surface area contributed by atoms with Gasteiger partial charge in [0.15, 0.2) is 6.04 Å². The summed E-state index contributed by atoms with van der Waals surface area (Å²) in [6.07, 6.45) is 0. The van der Waals surface area contributed by atoms with Crippen molar-refractivity contribution in [3.63, 3.8) is 0 Å². The van der Waals surface area contributed by atoms with E-state index in [9.17, 15) is 14.7 Å². The standard InChI is InChI=1S/C16H16ClNO5/c1-8-6-11(9(2)23-8)15(19)18-14(16(20)21)10-4-5-13(22-3)12(17)7-10/h4-7,14H,1-3H3,(H,18,19)(H,20,21). The number of hydrogen-bond donors (Lipinski definition) is 2. The lowest BCUT2D eigenvalue weighted by Crippen LogP contribution is -2.33. The van der Waals surface area contributed by atoms with Crippen LogP contribution in [0, 0.1) is 13.8 Å². The van der Waals surface area contributed by atoms with Crippen LogP contribution in [-0.2, 0) is 4.79 Å². The Morgan fingerprint density at radius 1 is 1.30 bits per heavy atom. The van der Waals surface area contributed by atoms with E-state index in [4.69, 9.17) is 20.8 Å². The predicted octanol–water partition coefficient (Wildman–Crippen LogP) is 3.11. The van der Waals surface area contributed by atoms with E-state index >= 15 is 0 Å². The number of benzene rings is 1. The first kappa shape index (κ1) is 16.9. The third-order valence-electron chi connectivity index (χ3n) is 3.32. The molecule has 0 aliphatic heterocycles. The van der Waals surface area contributed by atoms with E-state index in [2.05, 4.69) is 5.32 Å². The van der Waals surface area contributed by atoms with Crippen molar-refractivity contribution in [2.45, 2.75) is 19.9 Å². The molecule has 0 saturated heterocycles. The van der Waals surface area contributed by atoms with E-state index in [1.165, 1.54) is 19.2 Å². The highest BCUT2D eigenvalue weighted by atomic mass is 35.5. The average Bonchev–Trinajstić information content (AvgIpc) is 2.83. The molecule has 122 valence electrons. The maximum absolute atomic E-state index is 12.3. The van der Waals surface area contributed by atoms with E-state index in [0.29, 0.717) is 28.4 Å². The lowest BCUT2D eigenvalue weighted by atomic mass is 10.1. The van der Waals surface area contributed by atoms with Gasteiger partial charge in [0, 0.05) is 0 Å². The number of furan rings is 1. The molecule has 6 nitrogen and oxygen atoms in total. The minimum Gasteiger partial charge on any atom is -0.495 e. The fourth-order valence-electron chi connectivity index (χ4n) is 2.21. The van der Waals surface area contributed by atoms with Crippen LogP contribution >= 0.6 is 11.6 Å². The van der Waals surface area contributed by atoms with Gasteiger partial charge in [0.05, 0.1) is 17.7 Å². The largest absolute Gasteiger partial charge is 0.495 e. The Morgan fingerprint density at radius 2 is 2.00 bits per heavy atom. The maximum Gasteiger partial charge on any atom is 0.330 e. The Hall–Kier alpha value is -2.47. The SMILES string of the molecule is COc1ccc(C(NC(=O)c2cc(C)oc2C)C(=O)O)cc1Cl. The molecule has 0 aliphatic carbocycles. The molecule has 0 bridgehead atoms. The Balaban J connectivity index is 2.29. The summed E-state index contributed by atoms with van der Waals surface area (Å²) in [6.45, 7) is 3.35. The lowest BCUT2D eigenvalue weighted by Gasteiger charge is -2.15. The molecule has 0 fully saturated rings. The van der Waals surface area contributed by atoms with Crippen LogP contribution in [0.4, 0.5) is 0 Å². The molecular weight excluding hydrogens is 322 g/mol. The van der Waals surface area contributed by atoms with Crippen molar-refractivity contribution in [2.24, 2.45) is 0 Å². The summed E-state index contributed by atoms with van der Waals surface area (Å²) < 4.78 is 10.3. The van der Waals surface area contributed by atoms with Crippen LogP contribution in [0.5, 0.6) is 5.75 Å². The fourth-order valence-corrected chi connectivity index (χ4v) is 2.48. The van der Waals surface area contributed by atoms with Crippen molar-refractivity contribution >= 4 is 23.5 Å². The first-order chi connectivity index (χ1) is 10.8. The molecule has 0 radical (unpaired) electrons. The van der Waals surface area contributed by atoms with Gasteiger partial charge in [0.25, 0.3) is 5.91 Å². The summed E-state index contributed by atoms with van der Waals surface area (Å²) >= 11 is 6.01. The van der Waals surface area contributed by atoms with Crippen LogP contribution in [0.1, 0.15) is 33.5 Å². The molecule has 1 aromatic heterocycles. The number of ether oxygens (including phenoxy) is 1. The number of carbonyl (C=O) groups excluding carboxylic acids is 1. The average molecular weight is 338 g/mol. The molecule has 2 N–H and O–H groups in total. The molecule has 1 aromatic carbocycles. The Morgan fingerprint density at radius 3 is 2.48 bits per heavy atom. The van der Waals surface area contributed by atoms with Crippen molar-refractivity contribution in [3.05, 3.63) is 51.9 Å². The molecular formula is C16H16ClNO5. The monoisotopic (exact) mass is 337 g/mol. The number of methoxy groups -OCH3 is 1. The van der Waals surface area contributed by atoms with Crippen LogP contribution in [0.2, 0.25) is 5.02 Å². The van der Waals surface area contributed by atoms with E-state index in [0.717, 1.165) is 0 Å². The molecule has 0 saturated carbocycles. The molecule has 1 unspecified atom stereocenters. The van der Waals surface area contributed by atoms with E-state index < -0.39 is 17.9 Å². The Labute approximate surface area is 138 Å². The minimum absolute atomic E-state index is 0.265. The van der Waals surface area contributed by atoms with Crippen molar-refractivity contribution in [1.82, 2.24) is 5.32 Å². The normalized spacial score (nSPS) is 11.8. The molecule has 2 rings (SSSR count). The second-order valence-electron chi connectivity index (χ2n) is 4.97. The zero-order valence-electron chi connectivity index (χ0n) is 12.8. The molecule has 1 heterocycles. The van der Waals surface area contributed by atoms with E-state index in [-0.39, 0.29) is 5.02 Å². The summed E-state index contributed by atoms with van der Waals surface area (Å²) in [5.74, 6) is -0.299. The quantitative estimate of drug-likeness (QED) is 0.875. The third kappa shape index (κ3) is 3.65. The zero-order chi connectivity index (χ0) is 17.1. The van der Waals surface area contributed by atoms with Crippen LogP contribution in [0.3, 0.4) is 0 Å². The van der Waals surface area contributed by atoms with Crippen molar-refractivity contribution in [1.29, 1.82) is 0 Å². The lowest BCUT2D eigenvalue weighted by molar-refractivity contribution is -0.139. The third-order valence-corrected chi connectivity index (χ3v) is 3.61. The number of halogens is 1. The van der Waals surface area contributed by atoms with E-state index in [1.54, 1.807) is 26.0 Å². The summed E-state index contributed by atoms with van der Waals surface area (Å²) in [6, 6.07) is 4.86. The van der Waals surface area contributed by atoms with Crippen LogP contribution in [0.15, 0.2) is 28.7 Å². The number of carboxylic acids is 1. The highest BCUT2D eigenvalue weighted by Gasteiger charge is 2.25. The number of nitrogens with one attached hydrogen (secondary N) is 1. The smallest absolute Gasteiger partial charge is 0.330 e. The highest BCUT2D eigenvalue weighted by molar-refractivity contribution is 6.32. The summed E-state index contributed by atoms with van der Waals surface area (Å²) in [5.41, 5.74) is 0.642. The highest BCUT2D eigenvalue weighted by Crippen LogP contribution is 2.28. The Bertz CT molecular complexity index is 753. The molecule has 2 aromatic rings. The fraction of sp³-hybridized carbons (Fsp3) is 0.250. The molecule has 23 heavy (non-hydrogen) atoms. The second-order valence-corrected chi connectivity index (χ2v) is 5.37. The summed E-state index contributed by atoms with van der Waals surface area (Å²) in [7, 11) is 1.46. The van der Waals surface area contributed by atoms with Gasteiger partial charge in [-0.1, -0.05) is 17.7 Å². The molecule has 7 heteroatoms. The topological polar surface area (TPSA) is 88.8 Å². The number of aliphatic carboxylic acids is 1. The molecule has 1 amide bonds. The van der Waals surface area contributed by atoms with Gasteiger partial charge in [-0.05, 0) is 37.6 Å². The first-order valence-electron chi connectivity index (χ1n) is 6.77. The van der Waals surface area contributed by atoms with Gasteiger partial charge in [-0.3, -0.25) is 4.79 Å². The van der Waals surface area contributed by atoms with Crippen molar-refractivity contribution in [3.8, 4) is 5.75 Å². The van der Waals surface area contributed by atoms with Crippen LogP contribution in [-0.4, -0.2) is 24.1 Å². The molecule has 1 atom stereocenters. The van der Waals surface area contributed by atoms with Gasteiger partial charge in [0.2, 0.25) is 0 Å². The number of carboxylic acid groups (broad SMARTS) is 1. The van der Waals surface area contributed by atoms with Crippen LogP contribution < -0.4 is 10.1 Å². The molecule has 0 aliphatic rings. The Kier molecular flexibility index (Phi) is 4.95. The number of aryl methyl sites for hydroxylation is 2. The number of amides is 1. The van der Waals surface area contributed by atoms with Crippen molar-refractivity contribution < 1.29 is 23.8 Å². The zero-order valence-corrected chi connectivity index (χ0v) is 13.6.